The minimum absolute atomic E-state index is 0.0877. The maximum atomic E-state index is 14.8. The van der Waals surface area contributed by atoms with Crippen molar-refractivity contribution in [2.45, 2.75) is 11.4 Å². The number of sulfonamides is 1. The maximum Gasteiger partial charge on any atom is 0.282 e. The number of pyridine rings is 1. The van der Waals surface area contributed by atoms with Crippen molar-refractivity contribution >= 4 is 50.2 Å². The van der Waals surface area contributed by atoms with Crippen molar-refractivity contribution in [1.82, 2.24) is 14.3 Å². The second kappa shape index (κ2) is 9.28. The van der Waals surface area contributed by atoms with E-state index in [-0.39, 0.29) is 23.4 Å². The number of nitrogens with one attached hydrogen (secondary N) is 2. The largest absolute Gasteiger partial charge is 0.331 e. The molecule has 2 aromatic carbocycles. The molecule has 4 rings (SSSR count). The summed E-state index contributed by atoms with van der Waals surface area (Å²) in [6, 6.07) is 12.6. The number of aromatic nitrogens is 2. The lowest BCUT2D eigenvalue weighted by Gasteiger charge is -2.13. The summed E-state index contributed by atoms with van der Waals surface area (Å²) in [7, 11) is -3.94. The van der Waals surface area contributed by atoms with Crippen LogP contribution in [0.25, 0.3) is 22.0 Å². The lowest BCUT2D eigenvalue weighted by molar-refractivity contribution is 0.0974. The van der Waals surface area contributed by atoms with Crippen LogP contribution in [0.4, 0.5) is 4.39 Å². The van der Waals surface area contributed by atoms with Crippen LogP contribution in [0.2, 0.25) is 5.02 Å². The molecule has 7 nitrogen and oxygen atoms in total. The normalized spacial score (nSPS) is 11.6. The van der Waals surface area contributed by atoms with E-state index in [9.17, 15) is 22.4 Å². The fourth-order valence-electron chi connectivity index (χ4n) is 3.80. The number of rotatable bonds is 6. The zero-order valence-corrected chi connectivity index (χ0v) is 20.4. The molecule has 0 aliphatic carbocycles. The molecule has 2 heterocycles. The molecule has 34 heavy (non-hydrogen) atoms. The molecule has 0 radical (unpaired) electrons. The van der Waals surface area contributed by atoms with E-state index >= 15 is 0 Å². The van der Waals surface area contributed by atoms with Gasteiger partial charge in [0, 0.05) is 43.7 Å². The quantitative estimate of drug-likeness (QED) is 0.371. The molecule has 0 spiro atoms. The van der Waals surface area contributed by atoms with Crippen LogP contribution in [0.3, 0.4) is 0 Å². The van der Waals surface area contributed by atoms with Crippen molar-refractivity contribution in [1.29, 1.82) is 0 Å². The van der Waals surface area contributed by atoms with E-state index in [1.54, 1.807) is 36.4 Å². The van der Waals surface area contributed by atoms with Crippen LogP contribution in [0.5, 0.6) is 0 Å². The van der Waals surface area contributed by atoms with Gasteiger partial charge in [-0.1, -0.05) is 11.6 Å². The van der Waals surface area contributed by atoms with Crippen molar-refractivity contribution in [3.05, 3.63) is 87.2 Å². The maximum absolute atomic E-state index is 14.8. The van der Waals surface area contributed by atoms with Crippen molar-refractivity contribution < 1.29 is 17.6 Å². The number of H-pyrrole nitrogens is 1. The Hall–Kier alpha value is -3.08. The SMILES string of the molecule is CSc1ccc(F)c(Cn2c(C(=O)NS(C)(=O)=O)c(-c3ccc[nH]c3=O)c3cc(Cl)ccc32)c1. The number of thioether (sulfide) groups is 1. The van der Waals surface area contributed by atoms with Crippen LogP contribution in [-0.2, 0) is 16.6 Å². The van der Waals surface area contributed by atoms with Crippen LogP contribution >= 0.6 is 23.4 Å². The molecular weight excluding hydrogens is 501 g/mol. The first-order valence-electron chi connectivity index (χ1n) is 9.93. The van der Waals surface area contributed by atoms with E-state index in [2.05, 4.69) is 4.98 Å². The van der Waals surface area contributed by atoms with Gasteiger partial charge >= 0.3 is 0 Å². The molecular formula is C23H19ClFN3O4S2. The van der Waals surface area contributed by atoms with Gasteiger partial charge in [0.1, 0.15) is 11.5 Å². The molecule has 0 saturated carbocycles. The predicted octanol–water partition coefficient (Wildman–Crippen LogP) is 4.25. The van der Waals surface area contributed by atoms with Gasteiger partial charge in [0.25, 0.3) is 11.5 Å². The van der Waals surface area contributed by atoms with Crippen LogP contribution < -0.4 is 10.3 Å². The van der Waals surface area contributed by atoms with Gasteiger partial charge in [-0.25, -0.2) is 17.5 Å². The monoisotopic (exact) mass is 519 g/mol. The number of nitrogens with zero attached hydrogens (tertiary/aromatic N) is 1. The molecule has 0 aliphatic heterocycles. The van der Waals surface area contributed by atoms with E-state index in [0.29, 0.717) is 21.5 Å². The second-order valence-electron chi connectivity index (χ2n) is 7.54. The van der Waals surface area contributed by atoms with Gasteiger partial charge in [0.15, 0.2) is 0 Å². The van der Waals surface area contributed by atoms with Crippen LogP contribution in [0, 0.1) is 5.82 Å². The third kappa shape index (κ3) is 4.75. The molecule has 2 N–H and O–H groups in total. The van der Waals surface area contributed by atoms with Crippen LogP contribution in [0.15, 0.2) is 64.4 Å². The number of hydrogen-bond acceptors (Lipinski definition) is 5. The Morgan fingerprint density at radius 2 is 1.97 bits per heavy atom. The number of hydrogen-bond donors (Lipinski definition) is 2. The second-order valence-corrected chi connectivity index (χ2v) is 10.6. The molecule has 2 aromatic heterocycles. The number of amides is 1. The highest BCUT2D eigenvalue weighted by Crippen LogP contribution is 2.36. The molecule has 176 valence electrons. The lowest BCUT2D eigenvalue weighted by Crippen LogP contribution is -2.32. The zero-order chi connectivity index (χ0) is 24.6. The molecule has 0 fully saturated rings. The van der Waals surface area contributed by atoms with E-state index in [4.69, 9.17) is 11.6 Å². The summed E-state index contributed by atoms with van der Waals surface area (Å²) in [6.45, 7) is -0.0877. The summed E-state index contributed by atoms with van der Waals surface area (Å²) < 4.78 is 42.1. The van der Waals surface area contributed by atoms with Crippen molar-refractivity contribution in [2.24, 2.45) is 0 Å². The van der Waals surface area contributed by atoms with Gasteiger partial charge < -0.3 is 9.55 Å². The number of halogens is 2. The third-order valence-corrected chi connectivity index (χ3v) is 6.70. The Morgan fingerprint density at radius 1 is 1.21 bits per heavy atom. The van der Waals surface area contributed by atoms with E-state index in [1.165, 1.54) is 34.7 Å². The molecule has 0 atom stereocenters. The van der Waals surface area contributed by atoms with E-state index in [0.717, 1.165) is 11.2 Å². The van der Waals surface area contributed by atoms with Crippen LogP contribution in [-0.4, -0.2) is 36.4 Å². The smallest absolute Gasteiger partial charge is 0.282 e. The molecule has 0 bridgehead atoms. The first-order valence-corrected chi connectivity index (χ1v) is 13.4. The van der Waals surface area contributed by atoms with Crippen molar-refractivity contribution in [2.75, 3.05) is 12.5 Å². The topological polar surface area (TPSA) is 101 Å². The molecule has 11 heteroatoms. The highest BCUT2D eigenvalue weighted by Gasteiger charge is 2.27. The Balaban J connectivity index is 2.09. The third-order valence-electron chi connectivity index (χ3n) is 5.19. The lowest BCUT2D eigenvalue weighted by atomic mass is 10.0. The summed E-state index contributed by atoms with van der Waals surface area (Å²) in [5.41, 5.74) is 0.530. The van der Waals surface area contributed by atoms with Crippen molar-refractivity contribution in [3.8, 4) is 11.1 Å². The van der Waals surface area contributed by atoms with Gasteiger partial charge in [-0.05, 0) is 54.8 Å². The van der Waals surface area contributed by atoms with Gasteiger partial charge in [-0.15, -0.1) is 11.8 Å². The molecule has 0 saturated heterocycles. The Kier molecular flexibility index (Phi) is 6.57. The average molecular weight is 520 g/mol. The summed E-state index contributed by atoms with van der Waals surface area (Å²) >= 11 is 7.67. The first-order chi connectivity index (χ1) is 16.1. The number of benzene rings is 2. The summed E-state index contributed by atoms with van der Waals surface area (Å²) in [5, 5.41) is 0.799. The predicted molar refractivity (Wildman–Crippen MR) is 133 cm³/mol. The molecule has 0 aliphatic rings. The minimum atomic E-state index is -3.94. The highest BCUT2D eigenvalue weighted by molar-refractivity contribution is 7.98. The number of fused-ring (bicyclic) bond motifs is 1. The fourth-order valence-corrected chi connectivity index (χ4v) is 4.87. The highest BCUT2D eigenvalue weighted by atomic mass is 35.5. The molecule has 4 aromatic rings. The Labute approximate surface area is 204 Å². The van der Waals surface area contributed by atoms with E-state index < -0.39 is 27.3 Å². The number of carbonyl (C=O) groups is 1. The average Bonchev–Trinajstić information content (AvgIpc) is 3.07. The number of aromatic amines is 1. The zero-order valence-electron chi connectivity index (χ0n) is 18.1. The van der Waals surface area contributed by atoms with E-state index in [1.807, 2.05) is 11.0 Å². The van der Waals surface area contributed by atoms with Gasteiger partial charge in [-0.3, -0.25) is 9.59 Å². The van der Waals surface area contributed by atoms with Gasteiger partial charge in [0.2, 0.25) is 10.0 Å². The van der Waals surface area contributed by atoms with Gasteiger partial charge in [-0.2, -0.15) is 0 Å². The van der Waals surface area contributed by atoms with Crippen molar-refractivity contribution in [3.63, 3.8) is 0 Å². The standard InChI is InChI=1S/C23H19ClFN3O4S2/c1-33-15-6-7-18(25)13(10-15)12-28-19-8-5-14(24)11-17(19)20(16-4-3-9-26-22(16)29)21(28)23(30)27-34(2,31)32/h3-11H,12H2,1-2H3,(H,26,29)(H,27,30). The molecule has 1 amide bonds. The number of carbonyl (C=O) groups excluding carboxylic acids is 1. The Bertz CT molecular complexity index is 1600. The van der Waals surface area contributed by atoms with Gasteiger partial charge in [0.05, 0.1) is 12.8 Å². The summed E-state index contributed by atoms with van der Waals surface area (Å²) in [5.74, 6) is -1.43. The summed E-state index contributed by atoms with van der Waals surface area (Å²) in [4.78, 5) is 29.4. The summed E-state index contributed by atoms with van der Waals surface area (Å²) in [6.07, 6.45) is 4.15. The molecule has 0 unspecified atom stereocenters. The Morgan fingerprint density at radius 3 is 2.65 bits per heavy atom. The fraction of sp³-hybridized carbons (Fsp3) is 0.130. The minimum Gasteiger partial charge on any atom is -0.331 e. The van der Waals surface area contributed by atoms with Crippen LogP contribution in [0.1, 0.15) is 16.1 Å². The first kappa shape index (κ1) is 24.1.